The van der Waals surface area contributed by atoms with E-state index in [0.717, 1.165) is 82.8 Å². The molecule has 0 N–H and O–H groups in total. The molecule has 4 aromatic heterocycles. The third kappa shape index (κ3) is 5.55. The summed E-state index contributed by atoms with van der Waals surface area (Å²) in [6, 6.07) is 74.3. The molecule has 0 aliphatic carbocycles. The fraction of sp³-hybridized carbons (Fsp3) is 0. The van der Waals surface area contributed by atoms with Gasteiger partial charge >= 0.3 is 0 Å². The van der Waals surface area contributed by atoms with Crippen LogP contribution in [0.5, 0.6) is 0 Å². The lowest BCUT2D eigenvalue weighted by Gasteiger charge is -2.10. The number of fused-ring (bicyclic) bond motifs is 10. The van der Waals surface area contributed by atoms with Crippen molar-refractivity contribution in [3.63, 3.8) is 0 Å². The van der Waals surface area contributed by atoms with Gasteiger partial charge in [-0.15, -0.1) is 0 Å². The minimum Gasteiger partial charge on any atom is -0.454 e. The lowest BCUT2D eigenvalue weighted by molar-refractivity contribution is 0.671. The van der Waals surface area contributed by atoms with Gasteiger partial charge in [-0.25, -0.2) is 15.0 Å². The number of benzene rings is 9. The van der Waals surface area contributed by atoms with E-state index in [0.29, 0.717) is 17.5 Å². The monoisotopic (exact) mass is 805 g/mol. The van der Waals surface area contributed by atoms with Crippen molar-refractivity contribution in [1.29, 1.82) is 0 Å². The van der Waals surface area contributed by atoms with Crippen LogP contribution in [0.1, 0.15) is 0 Å². The average molecular weight is 806 g/mol. The minimum absolute atomic E-state index is 0.608. The molecule has 13 aromatic rings. The highest BCUT2D eigenvalue weighted by molar-refractivity contribution is 6.24. The van der Waals surface area contributed by atoms with Gasteiger partial charge in [0.15, 0.2) is 23.1 Å². The van der Waals surface area contributed by atoms with Crippen LogP contribution in [-0.4, -0.2) is 24.1 Å². The van der Waals surface area contributed by atoms with Crippen molar-refractivity contribution in [2.24, 2.45) is 0 Å². The molecule has 6 nitrogen and oxygen atoms in total. The minimum atomic E-state index is 0.608. The molecule has 0 fully saturated rings. The molecule has 9 aromatic carbocycles. The molecule has 4 heterocycles. The molecule has 0 saturated carbocycles. The summed E-state index contributed by atoms with van der Waals surface area (Å²) in [7, 11) is 0. The van der Waals surface area contributed by atoms with Gasteiger partial charge in [-0.05, 0) is 65.7 Å². The van der Waals surface area contributed by atoms with Gasteiger partial charge in [0.2, 0.25) is 0 Å². The topological polar surface area (TPSA) is 61.7 Å². The summed E-state index contributed by atoms with van der Waals surface area (Å²) in [4.78, 5) is 15.3. The van der Waals surface area contributed by atoms with Crippen LogP contribution < -0.4 is 0 Å². The van der Waals surface area contributed by atoms with Crippen molar-refractivity contribution in [3.05, 3.63) is 212 Å². The Morgan fingerprint density at radius 3 is 1.65 bits per heavy atom. The van der Waals surface area contributed by atoms with E-state index in [-0.39, 0.29) is 0 Å². The summed E-state index contributed by atoms with van der Waals surface area (Å²) >= 11 is 0. The highest BCUT2D eigenvalue weighted by Crippen LogP contribution is 2.44. The standard InChI is InChI=1S/C57H35N5O/c1-5-16-36(17-6-1)39-28-30-43-42-24-13-14-26-48(42)61(50(43)34-39)41-29-33-51-47(35-41)44-31-32-45-52-46(25-15-27-49(52)62(53(45)54(44)63-51)40-22-11-4-12-23-40)57-59-55(37-18-7-2-8-19-37)58-56(60-57)38-20-9-3-10-21-38/h1-35H. The zero-order valence-electron chi connectivity index (χ0n) is 33.9. The highest BCUT2D eigenvalue weighted by atomic mass is 16.3. The summed E-state index contributed by atoms with van der Waals surface area (Å²) in [6.07, 6.45) is 0. The van der Waals surface area contributed by atoms with E-state index in [1.54, 1.807) is 0 Å². The molecule has 0 radical (unpaired) electrons. The number of furan rings is 1. The molecular formula is C57H35N5O. The largest absolute Gasteiger partial charge is 0.454 e. The first-order valence-corrected chi connectivity index (χ1v) is 21.2. The van der Waals surface area contributed by atoms with E-state index in [1.807, 2.05) is 60.7 Å². The zero-order valence-corrected chi connectivity index (χ0v) is 33.9. The maximum absolute atomic E-state index is 7.01. The zero-order chi connectivity index (χ0) is 41.4. The Morgan fingerprint density at radius 1 is 0.333 bits per heavy atom. The van der Waals surface area contributed by atoms with Gasteiger partial charge < -0.3 is 13.6 Å². The average Bonchev–Trinajstić information content (AvgIpc) is 4.02. The van der Waals surface area contributed by atoms with Crippen LogP contribution in [0.15, 0.2) is 217 Å². The molecule has 63 heavy (non-hydrogen) atoms. The number of nitrogens with zero attached hydrogens (tertiary/aromatic N) is 5. The van der Waals surface area contributed by atoms with Crippen LogP contribution in [0.3, 0.4) is 0 Å². The Kier molecular flexibility index (Phi) is 7.80. The Bertz CT molecular complexity index is 3830. The van der Waals surface area contributed by atoms with Gasteiger partial charge in [-0.2, -0.15) is 0 Å². The SMILES string of the molecule is c1ccc(-c2ccc3c4ccccc4n(-c4ccc5oc6c(ccc7c8c(-c9nc(-c%10ccccc%10)nc(-c%10ccccc%10)n9)cccc8n(-c8ccccc8)c76)c5c4)c3c2)cc1. The molecule has 0 aliphatic heterocycles. The van der Waals surface area contributed by atoms with Gasteiger partial charge in [-0.3, -0.25) is 0 Å². The van der Waals surface area contributed by atoms with Gasteiger partial charge in [0, 0.05) is 60.4 Å². The Labute approximate surface area is 361 Å². The van der Waals surface area contributed by atoms with Crippen LogP contribution in [0.4, 0.5) is 0 Å². The first kappa shape index (κ1) is 35.2. The van der Waals surface area contributed by atoms with Crippen LogP contribution in [0.25, 0.3) is 122 Å². The summed E-state index contributed by atoms with van der Waals surface area (Å²) in [5.74, 6) is 1.85. The van der Waals surface area contributed by atoms with Gasteiger partial charge in [-0.1, -0.05) is 158 Å². The predicted octanol–water partition coefficient (Wildman–Crippen LogP) is 14.6. The number of hydrogen-bond acceptors (Lipinski definition) is 4. The molecule has 0 amide bonds. The van der Waals surface area contributed by atoms with Crippen LogP contribution in [-0.2, 0) is 0 Å². The molecule has 0 atom stereocenters. The van der Waals surface area contributed by atoms with Crippen molar-refractivity contribution in [3.8, 4) is 56.7 Å². The van der Waals surface area contributed by atoms with Crippen LogP contribution in [0, 0.1) is 0 Å². The molecule has 0 aliphatic rings. The summed E-state index contributed by atoms with van der Waals surface area (Å²) in [6.45, 7) is 0. The van der Waals surface area contributed by atoms with E-state index in [4.69, 9.17) is 19.4 Å². The normalized spacial score (nSPS) is 11.8. The van der Waals surface area contributed by atoms with Crippen LogP contribution >= 0.6 is 0 Å². The third-order valence-electron chi connectivity index (χ3n) is 12.4. The Balaban J connectivity index is 1.06. The number of para-hydroxylation sites is 2. The first-order valence-electron chi connectivity index (χ1n) is 21.2. The maximum atomic E-state index is 7.01. The predicted molar refractivity (Wildman–Crippen MR) is 258 cm³/mol. The van der Waals surface area contributed by atoms with Crippen molar-refractivity contribution >= 4 is 65.6 Å². The van der Waals surface area contributed by atoms with E-state index in [1.165, 1.54) is 21.9 Å². The number of rotatable bonds is 6. The Hall–Kier alpha value is -8.61. The smallest absolute Gasteiger partial charge is 0.164 e. The van der Waals surface area contributed by atoms with Gasteiger partial charge in [0.25, 0.3) is 0 Å². The van der Waals surface area contributed by atoms with Crippen LogP contribution in [0.2, 0.25) is 0 Å². The molecule has 0 saturated heterocycles. The molecule has 0 unspecified atom stereocenters. The van der Waals surface area contributed by atoms with E-state index in [2.05, 4.69) is 161 Å². The van der Waals surface area contributed by atoms with E-state index < -0.39 is 0 Å². The molecule has 294 valence electrons. The van der Waals surface area contributed by atoms with Crippen molar-refractivity contribution in [2.45, 2.75) is 0 Å². The molecule has 6 heteroatoms. The fourth-order valence-corrected chi connectivity index (χ4v) is 9.53. The second-order valence-electron chi connectivity index (χ2n) is 16.0. The lowest BCUT2D eigenvalue weighted by atomic mass is 10.0. The first-order chi connectivity index (χ1) is 31.2. The number of aromatic nitrogens is 5. The van der Waals surface area contributed by atoms with E-state index in [9.17, 15) is 0 Å². The Morgan fingerprint density at radius 2 is 0.921 bits per heavy atom. The highest BCUT2D eigenvalue weighted by Gasteiger charge is 2.24. The lowest BCUT2D eigenvalue weighted by Crippen LogP contribution is -2.00. The number of hydrogen-bond donors (Lipinski definition) is 0. The molecule has 0 bridgehead atoms. The quantitative estimate of drug-likeness (QED) is 0.168. The third-order valence-corrected chi connectivity index (χ3v) is 12.4. The second kappa shape index (κ2) is 14.0. The van der Waals surface area contributed by atoms with Gasteiger partial charge in [0.05, 0.1) is 22.1 Å². The molecular weight excluding hydrogens is 771 g/mol. The summed E-state index contributed by atoms with van der Waals surface area (Å²) < 4.78 is 11.7. The van der Waals surface area contributed by atoms with Crippen molar-refractivity contribution in [2.75, 3.05) is 0 Å². The fourth-order valence-electron chi connectivity index (χ4n) is 9.53. The molecule has 0 spiro atoms. The van der Waals surface area contributed by atoms with Crippen molar-refractivity contribution in [1.82, 2.24) is 24.1 Å². The maximum Gasteiger partial charge on any atom is 0.164 e. The summed E-state index contributed by atoms with van der Waals surface area (Å²) in [5.41, 5.74) is 13.3. The van der Waals surface area contributed by atoms with E-state index >= 15 is 0 Å². The second-order valence-corrected chi connectivity index (χ2v) is 16.0. The van der Waals surface area contributed by atoms with Gasteiger partial charge in [0.1, 0.15) is 5.58 Å². The molecule has 13 rings (SSSR count). The van der Waals surface area contributed by atoms with Crippen molar-refractivity contribution < 1.29 is 4.42 Å². The summed E-state index contributed by atoms with van der Waals surface area (Å²) in [5, 5.41) is 6.64.